The summed E-state index contributed by atoms with van der Waals surface area (Å²) in [5.41, 5.74) is 0. The molecule has 0 aromatic heterocycles. The summed E-state index contributed by atoms with van der Waals surface area (Å²) in [5.74, 6) is 2.09. The molecule has 1 fully saturated rings. The highest BCUT2D eigenvalue weighted by atomic mass is 14.3. The standard InChI is InChI=1S/C8H16/c1-3-8-6-4-5-7(8)2/h7-8H,3-6H2,1-2H3/t7-,8?/m0/s1. The second-order valence-corrected chi connectivity index (χ2v) is 3.08. The van der Waals surface area contributed by atoms with E-state index in [9.17, 15) is 0 Å². The maximum atomic E-state index is 2.39. The predicted molar refractivity (Wildman–Crippen MR) is 36.8 cm³/mol. The van der Waals surface area contributed by atoms with E-state index >= 15 is 0 Å². The SMILES string of the molecule is CCC1CCC[C@@H]1C. The smallest absolute Gasteiger partial charge is 0.0391 e. The van der Waals surface area contributed by atoms with Gasteiger partial charge in [0, 0.05) is 0 Å². The van der Waals surface area contributed by atoms with Gasteiger partial charge in [-0.25, -0.2) is 0 Å². The molecule has 0 radical (unpaired) electrons. The van der Waals surface area contributed by atoms with Gasteiger partial charge in [-0.3, -0.25) is 0 Å². The molecule has 0 saturated heterocycles. The largest absolute Gasteiger partial charge is 0.0651 e. The van der Waals surface area contributed by atoms with Crippen molar-refractivity contribution in [1.29, 1.82) is 0 Å². The minimum Gasteiger partial charge on any atom is -0.0651 e. The van der Waals surface area contributed by atoms with Crippen LogP contribution < -0.4 is 0 Å². The molecule has 0 aliphatic heterocycles. The van der Waals surface area contributed by atoms with Gasteiger partial charge in [0.2, 0.25) is 0 Å². The number of hydrogen-bond donors (Lipinski definition) is 0. The topological polar surface area (TPSA) is 0 Å². The molecule has 0 nitrogen and oxygen atoms in total. The van der Waals surface area contributed by atoms with Gasteiger partial charge in [0.1, 0.15) is 0 Å². The van der Waals surface area contributed by atoms with E-state index in [2.05, 4.69) is 13.8 Å². The summed E-state index contributed by atoms with van der Waals surface area (Å²) in [6, 6.07) is 0. The van der Waals surface area contributed by atoms with Gasteiger partial charge >= 0.3 is 0 Å². The first-order chi connectivity index (χ1) is 3.84. The average Bonchev–Trinajstić information content (AvgIpc) is 2.14. The third kappa shape index (κ3) is 1.04. The van der Waals surface area contributed by atoms with E-state index in [0.717, 1.165) is 11.8 Å². The monoisotopic (exact) mass is 112 g/mol. The molecule has 2 atom stereocenters. The Bertz CT molecular complexity index is 66.4. The molecule has 0 aromatic rings. The molecule has 0 heteroatoms. The van der Waals surface area contributed by atoms with Crippen LogP contribution in [-0.2, 0) is 0 Å². The predicted octanol–water partition coefficient (Wildman–Crippen LogP) is 2.83. The molecule has 0 spiro atoms. The highest BCUT2D eigenvalue weighted by molar-refractivity contribution is 4.72. The molecule has 1 aliphatic rings. The van der Waals surface area contributed by atoms with Crippen molar-refractivity contribution in [2.45, 2.75) is 39.5 Å². The van der Waals surface area contributed by atoms with Crippen LogP contribution in [0.15, 0.2) is 0 Å². The van der Waals surface area contributed by atoms with Gasteiger partial charge in [0.25, 0.3) is 0 Å². The summed E-state index contributed by atoms with van der Waals surface area (Å²) < 4.78 is 0. The lowest BCUT2D eigenvalue weighted by Crippen LogP contribution is -2.00. The van der Waals surface area contributed by atoms with E-state index in [4.69, 9.17) is 0 Å². The molecule has 0 heterocycles. The summed E-state index contributed by atoms with van der Waals surface area (Å²) in [7, 11) is 0. The van der Waals surface area contributed by atoms with Crippen molar-refractivity contribution >= 4 is 0 Å². The van der Waals surface area contributed by atoms with Gasteiger partial charge in [-0.1, -0.05) is 39.5 Å². The fourth-order valence-electron chi connectivity index (χ4n) is 1.83. The van der Waals surface area contributed by atoms with E-state index in [1.54, 1.807) is 0 Å². The van der Waals surface area contributed by atoms with E-state index < -0.39 is 0 Å². The minimum atomic E-state index is 1.03. The third-order valence-electron chi connectivity index (χ3n) is 2.56. The van der Waals surface area contributed by atoms with Crippen LogP contribution in [0, 0.1) is 11.8 Å². The minimum absolute atomic E-state index is 1.03. The Labute approximate surface area is 52.3 Å². The Hall–Kier alpha value is 0. The molecule has 1 unspecified atom stereocenters. The Kier molecular flexibility index (Phi) is 1.93. The maximum absolute atomic E-state index is 2.39. The fraction of sp³-hybridized carbons (Fsp3) is 1.00. The van der Waals surface area contributed by atoms with Crippen molar-refractivity contribution in [3.05, 3.63) is 0 Å². The molecule has 48 valence electrons. The van der Waals surface area contributed by atoms with E-state index in [-0.39, 0.29) is 0 Å². The van der Waals surface area contributed by atoms with Crippen LogP contribution in [0.1, 0.15) is 39.5 Å². The van der Waals surface area contributed by atoms with Crippen molar-refractivity contribution in [1.82, 2.24) is 0 Å². The quantitative estimate of drug-likeness (QED) is 0.489. The van der Waals surface area contributed by atoms with Crippen molar-refractivity contribution in [3.63, 3.8) is 0 Å². The van der Waals surface area contributed by atoms with Crippen LogP contribution in [0.2, 0.25) is 0 Å². The fourth-order valence-corrected chi connectivity index (χ4v) is 1.83. The van der Waals surface area contributed by atoms with Crippen LogP contribution in [-0.4, -0.2) is 0 Å². The lowest BCUT2D eigenvalue weighted by Gasteiger charge is -2.10. The van der Waals surface area contributed by atoms with E-state index in [0.29, 0.717) is 0 Å². The lowest BCUT2D eigenvalue weighted by molar-refractivity contribution is 0.407. The zero-order valence-corrected chi connectivity index (χ0v) is 5.98. The normalized spacial score (nSPS) is 38.2. The van der Waals surface area contributed by atoms with Crippen LogP contribution in [0.3, 0.4) is 0 Å². The summed E-state index contributed by atoms with van der Waals surface area (Å²) in [6.45, 7) is 4.70. The van der Waals surface area contributed by atoms with Crippen molar-refractivity contribution in [3.8, 4) is 0 Å². The highest BCUT2D eigenvalue weighted by Crippen LogP contribution is 2.32. The van der Waals surface area contributed by atoms with Crippen LogP contribution >= 0.6 is 0 Å². The van der Waals surface area contributed by atoms with Gasteiger partial charge in [0.15, 0.2) is 0 Å². The van der Waals surface area contributed by atoms with Crippen LogP contribution in [0.4, 0.5) is 0 Å². The lowest BCUT2D eigenvalue weighted by atomic mass is 9.96. The molecule has 0 bridgehead atoms. The van der Waals surface area contributed by atoms with Gasteiger partial charge in [-0.05, 0) is 11.8 Å². The van der Waals surface area contributed by atoms with Crippen molar-refractivity contribution in [2.75, 3.05) is 0 Å². The first-order valence-electron chi connectivity index (χ1n) is 3.84. The maximum Gasteiger partial charge on any atom is -0.0391 e. The Morgan fingerprint density at radius 1 is 1.38 bits per heavy atom. The van der Waals surface area contributed by atoms with Gasteiger partial charge in [-0.15, -0.1) is 0 Å². The summed E-state index contributed by atoms with van der Waals surface area (Å²) in [6.07, 6.45) is 5.87. The molecule has 0 N–H and O–H groups in total. The second kappa shape index (κ2) is 2.52. The molecule has 1 saturated carbocycles. The van der Waals surface area contributed by atoms with E-state index in [1.165, 1.54) is 25.7 Å². The van der Waals surface area contributed by atoms with Crippen molar-refractivity contribution < 1.29 is 0 Å². The molecular weight excluding hydrogens is 96.1 g/mol. The Balaban J connectivity index is 2.30. The van der Waals surface area contributed by atoms with Gasteiger partial charge < -0.3 is 0 Å². The molecule has 0 aromatic carbocycles. The molecule has 1 aliphatic carbocycles. The van der Waals surface area contributed by atoms with Crippen LogP contribution in [0.5, 0.6) is 0 Å². The molecular formula is C8H16. The number of rotatable bonds is 1. The zero-order valence-electron chi connectivity index (χ0n) is 5.98. The second-order valence-electron chi connectivity index (χ2n) is 3.08. The summed E-state index contributed by atoms with van der Waals surface area (Å²) in [5, 5.41) is 0. The summed E-state index contributed by atoms with van der Waals surface area (Å²) >= 11 is 0. The zero-order chi connectivity index (χ0) is 5.98. The van der Waals surface area contributed by atoms with Gasteiger partial charge in [-0.2, -0.15) is 0 Å². The average molecular weight is 112 g/mol. The van der Waals surface area contributed by atoms with Gasteiger partial charge in [0.05, 0.1) is 0 Å². The van der Waals surface area contributed by atoms with Crippen LogP contribution in [0.25, 0.3) is 0 Å². The Morgan fingerprint density at radius 2 is 2.12 bits per heavy atom. The van der Waals surface area contributed by atoms with Crippen molar-refractivity contribution in [2.24, 2.45) is 11.8 Å². The molecule has 1 rings (SSSR count). The Morgan fingerprint density at radius 3 is 2.38 bits per heavy atom. The summed E-state index contributed by atoms with van der Waals surface area (Å²) in [4.78, 5) is 0. The first kappa shape index (κ1) is 6.12. The molecule has 0 amide bonds. The number of hydrogen-bond acceptors (Lipinski definition) is 0. The first-order valence-corrected chi connectivity index (χ1v) is 3.84. The molecule has 8 heavy (non-hydrogen) atoms. The highest BCUT2D eigenvalue weighted by Gasteiger charge is 2.20. The van der Waals surface area contributed by atoms with E-state index in [1.807, 2.05) is 0 Å². The third-order valence-corrected chi connectivity index (χ3v) is 2.56.